The molecular formula is C45H49F2N13O4. The lowest BCUT2D eigenvalue weighted by molar-refractivity contribution is -0.135. The SMILES string of the molecule is Cc1nn(C2CCC(=O)NC2=O)c2cccc(-c3cnn(CC4C5CN(CC6CCC(n7cc(NC(=O)c8cnn9ccc(N%10C[C@H]%11C[C@@H]%10CO%11)nc89)c(C(F)F)n7)CC6)C[C@H]54)c3)c12. The highest BCUT2D eigenvalue weighted by Gasteiger charge is 2.55. The second kappa shape index (κ2) is 15.3. The van der Waals surface area contributed by atoms with Gasteiger partial charge in [-0.25, -0.2) is 18.3 Å². The number of fused-ring (bicyclic) bond motifs is 5. The normalized spacial score (nSPS) is 27.9. The highest BCUT2D eigenvalue weighted by molar-refractivity contribution is 6.08. The summed E-state index contributed by atoms with van der Waals surface area (Å²) in [5.74, 6) is 2.06. The van der Waals surface area contributed by atoms with Crippen molar-refractivity contribution in [3.8, 4) is 11.1 Å². The fourth-order valence-electron chi connectivity index (χ4n) is 11.6. The number of nitrogens with zero attached hydrogens (tertiary/aromatic N) is 11. The second-order valence-electron chi connectivity index (χ2n) is 18.8. The molecule has 2 aliphatic carbocycles. The first-order valence-electron chi connectivity index (χ1n) is 22.6. The van der Waals surface area contributed by atoms with E-state index in [4.69, 9.17) is 19.9 Å². The second-order valence-corrected chi connectivity index (χ2v) is 18.8. The molecule has 6 aromatic rings. The number of rotatable bonds is 11. The van der Waals surface area contributed by atoms with Gasteiger partial charge in [-0.05, 0) is 86.8 Å². The molecule has 5 aromatic heterocycles. The molecule has 1 aromatic carbocycles. The number of carbonyl (C=O) groups excluding carboxylic acids is 3. The van der Waals surface area contributed by atoms with Gasteiger partial charge in [0.15, 0.2) is 11.3 Å². The third kappa shape index (κ3) is 6.85. The summed E-state index contributed by atoms with van der Waals surface area (Å²) in [6.45, 7) is 7.43. The lowest BCUT2D eigenvalue weighted by Crippen LogP contribution is -2.42. The van der Waals surface area contributed by atoms with Crippen molar-refractivity contribution in [3.63, 3.8) is 0 Å². The van der Waals surface area contributed by atoms with Gasteiger partial charge in [0.05, 0.1) is 54.1 Å². The van der Waals surface area contributed by atoms with Crippen molar-refractivity contribution in [3.05, 3.63) is 72.2 Å². The number of aryl methyl sites for hydroxylation is 1. The van der Waals surface area contributed by atoms with Crippen LogP contribution in [-0.4, -0.2) is 111 Å². The molecule has 9 heterocycles. The van der Waals surface area contributed by atoms with Gasteiger partial charge in [-0.15, -0.1) is 0 Å². The van der Waals surface area contributed by atoms with E-state index in [1.54, 1.807) is 21.8 Å². The average Bonchev–Trinajstić information content (AvgIpc) is 4.11. The molecule has 17 nitrogen and oxygen atoms in total. The minimum atomic E-state index is -2.85. The van der Waals surface area contributed by atoms with E-state index in [0.717, 1.165) is 98.4 Å². The molecule has 2 saturated carbocycles. The number of piperidine rings is 2. The van der Waals surface area contributed by atoms with Crippen molar-refractivity contribution >= 4 is 45.8 Å². The average molecular weight is 874 g/mol. The van der Waals surface area contributed by atoms with Gasteiger partial charge in [-0.2, -0.15) is 20.4 Å². The number of imide groups is 1. The number of carbonyl (C=O) groups is 3. The Morgan fingerprint density at radius 3 is 2.58 bits per heavy atom. The number of benzene rings is 1. The fraction of sp³-hybridized carbons (Fsp3) is 0.511. The van der Waals surface area contributed by atoms with Crippen LogP contribution < -0.4 is 15.5 Å². The highest BCUT2D eigenvalue weighted by Crippen LogP contribution is 2.53. The van der Waals surface area contributed by atoms with Gasteiger partial charge in [0, 0.05) is 68.7 Å². The van der Waals surface area contributed by atoms with Crippen LogP contribution in [0.4, 0.5) is 20.3 Å². The topological polar surface area (TPSA) is 175 Å². The maximum atomic E-state index is 14.3. The lowest BCUT2D eigenvalue weighted by Gasteiger charge is -2.32. The van der Waals surface area contributed by atoms with Crippen molar-refractivity contribution in [2.75, 3.05) is 43.0 Å². The molecule has 4 aliphatic heterocycles. The molecule has 12 rings (SSSR count). The maximum absolute atomic E-state index is 14.3. The van der Waals surface area contributed by atoms with Gasteiger partial charge in [0.2, 0.25) is 5.91 Å². The first-order valence-corrected chi connectivity index (χ1v) is 22.6. The van der Waals surface area contributed by atoms with E-state index in [1.165, 1.54) is 10.7 Å². The first-order chi connectivity index (χ1) is 31.1. The Kier molecular flexibility index (Phi) is 9.43. The minimum absolute atomic E-state index is 0.00954. The first kappa shape index (κ1) is 39.5. The molecule has 6 fully saturated rings. The third-order valence-corrected chi connectivity index (χ3v) is 14.9. The van der Waals surface area contributed by atoms with Gasteiger partial charge >= 0.3 is 0 Å². The summed E-state index contributed by atoms with van der Waals surface area (Å²) in [6, 6.07) is 7.61. The molecule has 0 radical (unpaired) electrons. The van der Waals surface area contributed by atoms with Gasteiger partial charge in [-0.3, -0.25) is 33.7 Å². The number of morpholine rings is 1. The number of amides is 3. The highest BCUT2D eigenvalue weighted by atomic mass is 19.3. The largest absolute Gasteiger partial charge is 0.374 e. The van der Waals surface area contributed by atoms with Gasteiger partial charge < -0.3 is 19.9 Å². The van der Waals surface area contributed by atoms with E-state index in [-0.39, 0.29) is 41.3 Å². The van der Waals surface area contributed by atoms with Crippen LogP contribution in [0.2, 0.25) is 0 Å². The molecule has 3 amide bonds. The number of aromatic nitrogens is 9. The summed E-state index contributed by atoms with van der Waals surface area (Å²) in [6.07, 6.45) is 11.4. The third-order valence-electron chi connectivity index (χ3n) is 14.9. The smallest absolute Gasteiger partial charge is 0.284 e. The summed E-state index contributed by atoms with van der Waals surface area (Å²) in [5.41, 5.74) is 3.88. The Bertz CT molecular complexity index is 2810. The Balaban J connectivity index is 0.640. The Morgan fingerprint density at radius 1 is 0.969 bits per heavy atom. The number of hydrogen-bond acceptors (Lipinski definition) is 11. The van der Waals surface area contributed by atoms with Gasteiger partial charge in [0.1, 0.15) is 17.4 Å². The van der Waals surface area contributed by atoms with E-state index in [0.29, 0.717) is 48.8 Å². The maximum Gasteiger partial charge on any atom is 0.284 e. The van der Waals surface area contributed by atoms with Crippen LogP contribution in [0.5, 0.6) is 0 Å². The standard InChI is InChI=1S/C45H49F2N13O4/c1-24-40-30(3-2-4-36(40)60(53-24)37-9-10-39(61)52-45(37)63)26-14-48-56(17-26)21-34-32-19-55(20-33(32)34)16-25-5-7-27(8-6-25)59-22-35(41(54-59)42(46)47)50-44(62)31-15-49-58-12-11-38(51-43(31)58)57-18-29-13-28(57)23-64-29/h2-4,11-12,14-15,17,22,25,27-29,32-34,37,42H,5-10,13,16,18-21,23H2,1H3,(H,50,62)(H,52,61,63)/t25?,27?,28-,29-,32-,33?,34?,37?/m1/s1. The van der Waals surface area contributed by atoms with E-state index >= 15 is 0 Å². The Morgan fingerprint density at radius 2 is 1.81 bits per heavy atom. The van der Waals surface area contributed by atoms with E-state index < -0.39 is 24.1 Å². The molecule has 6 aliphatic rings. The molecule has 0 spiro atoms. The number of nitrogens with one attached hydrogen (secondary N) is 2. The van der Waals surface area contributed by atoms with Crippen molar-refractivity contribution in [1.82, 2.24) is 54.2 Å². The van der Waals surface area contributed by atoms with Gasteiger partial charge in [-0.1, -0.05) is 12.1 Å². The molecule has 3 unspecified atom stereocenters. The zero-order valence-electron chi connectivity index (χ0n) is 35.4. The lowest BCUT2D eigenvalue weighted by atomic mass is 9.85. The molecule has 19 heteroatoms. The summed E-state index contributed by atoms with van der Waals surface area (Å²) < 4.78 is 41.4. The molecule has 2 bridgehead atoms. The van der Waals surface area contributed by atoms with Crippen molar-refractivity contribution in [1.29, 1.82) is 0 Å². The van der Waals surface area contributed by atoms with Crippen LogP contribution in [-0.2, 0) is 20.9 Å². The van der Waals surface area contributed by atoms with Crippen molar-refractivity contribution in [2.24, 2.45) is 23.7 Å². The Labute approximate surface area is 366 Å². The number of hydrogen-bond donors (Lipinski definition) is 2. The molecule has 332 valence electrons. The molecule has 2 N–H and O–H groups in total. The van der Waals surface area contributed by atoms with Gasteiger partial charge in [0.25, 0.3) is 18.2 Å². The summed E-state index contributed by atoms with van der Waals surface area (Å²) in [7, 11) is 0. The number of likely N-dealkylation sites (tertiary alicyclic amines) is 1. The fourth-order valence-corrected chi connectivity index (χ4v) is 11.6. The summed E-state index contributed by atoms with van der Waals surface area (Å²) >= 11 is 0. The van der Waals surface area contributed by atoms with Crippen LogP contribution in [0.15, 0.2) is 55.2 Å². The molecule has 64 heavy (non-hydrogen) atoms. The predicted molar refractivity (Wildman–Crippen MR) is 229 cm³/mol. The van der Waals surface area contributed by atoms with E-state index in [2.05, 4.69) is 47.6 Å². The molecule has 4 saturated heterocycles. The number of ether oxygens (including phenoxy) is 1. The van der Waals surface area contributed by atoms with Crippen LogP contribution in [0.3, 0.4) is 0 Å². The predicted octanol–water partition coefficient (Wildman–Crippen LogP) is 5.20. The van der Waals surface area contributed by atoms with E-state index in [9.17, 15) is 23.2 Å². The number of alkyl halides is 2. The zero-order chi connectivity index (χ0) is 43.4. The van der Waals surface area contributed by atoms with E-state index in [1.807, 2.05) is 31.3 Å². The zero-order valence-corrected chi connectivity index (χ0v) is 35.4. The summed E-state index contributed by atoms with van der Waals surface area (Å²) in [4.78, 5) is 47.6. The quantitative estimate of drug-likeness (QED) is 0.164. The molecular weight excluding hydrogens is 825 g/mol. The van der Waals surface area contributed by atoms with Crippen LogP contribution in [0.25, 0.3) is 27.7 Å². The van der Waals surface area contributed by atoms with Crippen LogP contribution in [0, 0.1) is 30.6 Å². The van der Waals surface area contributed by atoms with Crippen LogP contribution >= 0.6 is 0 Å². The molecule has 6 atom stereocenters. The monoisotopic (exact) mass is 873 g/mol. The van der Waals surface area contributed by atoms with Crippen molar-refractivity contribution in [2.45, 2.75) is 89.1 Å². The van der Waals surface area contributed by atoms with Crippen LogP contribution in [0.1, 0.15) is 85.2 Å². The number of halogens is 2. The number of anilines is 2. The summed E-state index contributed by atoms with van der Waals surface area (Å²) in [5, 5.41) is 24.3. The van der Waals surface area contributed by atoms with Crippen molar-refractivity contribution < 1.29 is 27.9 Å². The minimum Gasteiger partial charge on any atom is -0.374 e. The Hall–Kier alpha value is -6.08.